The summed E-state index contributed by atoms with van der Waals surface area (Å²) in [7, 11) is 2.55. The Morgan fingerprint density at radius 2 is 1.70 bits per heavy atom. The predicted molar refractivity (Wildman–Crippen MR) is 97.4 cm³/mol. The standard InChI is InChI=1S/C19H29O3P/c1-14(2)13-23(15-9-6-5-7-10-15)19(20)18-16(21-3)11-8-12-17(18)22-4/h8,11-12,14-15H,5-7,9-10,13H2,1-4H3. The molecule has 1 aromatic carbocycles. The van der Waals surface area contributed by atoms with Crippen molar-refractivity contribution in [3.05, 3.63) is 23.8 Å². The molecule has 0 N–H and O–H groups in total. The van der Waals surface area contributed by atoms with E-state index in [2.05, 4.69) is 13.8 Å². The number of rotatable bonds is 7. The molecule has 1 fully saturated rings. The van der Waals surface area contributed by atoms with E-state index in [-0.39, 0.29) is 5.52 Å². The molecule has 0 aromatic heterocycles. The monoisotopic (exact) mass is 336 g/mol. The SMILES string of the molecule is COc1cccc(OC)c1C(=O)P(CC(C)C)C1CCCCC1. The number of ether oxygens (including phenoxy) is 2. The minimum absolute atomic E-state index is 0.259. The fourth-order valence-electron chi connectivity index (χ4n) is 3.39. The minimum Gasteiger partial charge on any atom is -0.496 e. The van der Waals surface area contributed by atoms with E-state index in [1.807, 2.05) is 18.2 Å². The Bertz CT molecular complexity index is 499. The van der Waals surface area contributed by atoms with Crippen molar-refractivity contribution in [2.24, 2.45) is 5.92 Å². The Labute approximate surface area is 141 Å². The van der Waals surface area contributed by atoms with Gasteiger partial charge in [-0.3, -0.25) is 4.79 Å². The van der Waals surface area contributed by atoms with Gasteiger partial charge in [0.05, 0.1) is 14.2 Å². The third-order valence-electron chi connectivity index (χ3n) is 4.48. The molecule has 1 aliphatic carbocycles. The topological polar surface area (TPSA) is 35.5 Å². The highest BCUT2D eigenvalue weighted by molar-refractivity contribution is 7.76. The lowest BCUT2D eigenvalue weighted by atomic mass is 10.0. The fraction of sp³-hybridized carbons (Fsp3) is 0.632. The van der Waals surface area contributed by atoms with Crippen LogP contribution in [0, 0.1) is 5.92 Å². The highest BCUT2D eigenvalue weighted by Crippen LogP contribution is 2.53. The summed E-state index contributed by atoms with van der Waals surface area (Å²) in [6.07, 6.45) is 7.23. The van der Waals surface area contributed by atoms with Crippen LogP contribution < -0.4 is 9.47 Å². The minimum atomic E-state index is -0.699. The molecular weight excluding hydrogens is 307 g/mol. The predicted octanol–water partition coefficient (Wildman–Crippen LogP) is 5.31. The average Bonchev–Trinajstić information content (AvgIpc) is 2.58. The summed E-state index contributed by atoms with van der Waals surface area (Å²) in [5.41, 5.74) is 1.47. The number of benzene rings is 1. The van der Waals surface area contributed by atoms with Gasteiger partial charge >= 0.3 is 0 Å². The van der Waals surface area contributed by atoms with Gasteiger partial charge in [0.2, 0.25) is 0 Å². The number of methoxy groups -OCH3 is 2. The highest BCUT2D eigenvalue weighted by Gasteiger charge is 2.33. The second-order valence-electron chi connectivity index (χ2n) is 6.68. The van der Waals surface area contributed by atoms with Crippen molar-refractivity contribution in [2.45, 2.75) is 51.6 Å². The zero-order chi connectivity index (χ0) is 16.8. The van der Waals surface area contributed by atoms with E-state index in [1.165, 1.54) is 32.1 Å². The first kappa shape index (κ1) is 18.3. The first-order valence-corrected chi connectivity index (χ1v) is 10.2. The molecule has 128 valence electrons. The molecule has 4 heteroatoms. The molecule has 0 heterocycles. The van der Waals surface area contributed by atoms with Crippen LogP contribution in [0.1, 0.15) is 56.3 Å². The molecule has 1 aliphatic rings. The summed E-state index contributed by atoms with van der Waals surface area (Å²) in [6.45, 7) is 4.43. The second-order valence-corrected chi connectivity index (χ2v) is 9.12. The van der Waals surface area contributed by atoms with E-state index >= 15 is 0 Å². The Kier molecular flexibility index (Phi) is 6.89. The highest BCUT2D eigenvalue weighted by atomic mass is 31.1. The molecule has 1 aromatic rings. The first-order valence-electron chi connectivity index (χ1n) is 8.60. The van der Waals surface area contributed by atoms with Gasteiger partial charge in [-0.05, 0) is 50.6 Å². The average molecular weight is 336 g/mol. The van der Waals surface area contributed by atoms with Crippen molar-refractivity contribution >= 4 is 13.4 Å². The van der Waals surface area contributed by atoms with E-state index in [0.717, 1.165) is 6.16 Å². The molecule has 0 bridgehead atoms. The van der Waals surface area contributed by atoms with Crippen molar-refractivity contribution in [3.63, 3.8) is 0 Å². The Morgan fingerprint density at radius 1 is 1.13 bits per heavy atom. The number of hydrogen-bond acceptors (Lipinski definition) is 3. The van der Waals surface area contributed by atoms with E-state index in [0.29, 0.717) is 28.6 Å². The van der Waals surface area contributed by atoms with Gasteiger partial charge in [0.1, 0.15) is 17.1 Å². The van der Waals surface area contributed by atoms with Crippen LogP contribution in [0.25, 0.3) is 0 Å². The summed E-state index contributed by atoms with van der Waals surface area (Å²) >= 11 is 0. The second kappa shape index (κ2) is 8.68. The zero-order valence-corrected chi connectivity index (χ0v) is 15.7. The van der Waals surface area contributed by atoms with Gasteiger partial charge in [0.25, 0.3) is 0 Å². The third kappa shape index (κ3) is 4.47. The van der Waals surface area contributed by atoms with Crippen LogP contribution in [0.5, 0.6) is 11.5 Å². The van der Waals surface area contributed by atoms with E-state index in [1.54, 1.807) is 14.2 Å². The maximum absolute atomic E-state index is 13.4. The molecule has 0 radical (unpaired) electrons. The van der Waals surface area contributed by atoms with Crippen molar-refractivity contribution in [3.8, 4) is 11.5 Å². The Balaban J connectivity index is 2.36. The quantitative estimate of drug-likeness (QED) is 0.633. The molecule has 0 saturated heterocycles. The molecule has 0 aliphatic heterocycles. The van der Waals surface area contributed by atoms with Gasteiger partial charge in [-0.15, -0.1) is 0 Å². The van der Waals surface area contributed by atoms with Crippen LogP contribution in [0.15, 0.2) is 18.2 Å². The summed E-state index contributed by atoms with van der Waals surface area (Å²) in [5, 5.41) is 0. The molecule has 23 heavy (non-hydrogen) atoms. The normalized spacial score (nSPS) is 17.1. The van der Waals surface area contributed by atoms with Crippen molar-refractivity contribution in [1.29, 1.82) is 0 Å². The summed E-state index contributed by atoms with van der Waals surface area (Å²) in [4.78, 5) is 13.4. The fourth-order valence-corrected chi connectivity index (χ4v) is 6.47. The molecule has 3 nitrogen and oxygen atoms in total. The van der Waals surface area contributed by atoms with Gasteiger partial charge in [-0.25, -0.2) is 0 Å². The van der Waals surface area contributed by atoms with Crippen LogP contribution in [0.3, 0.4) is 0 Å². The molecule has 1 unspecified atom stereocenters. The molecule has 2 rings (SSSR count). The molecule has 1 saturated carbocycles. The van der Waals surface area contributed by atoms with Crippen LogP contribution >= 0.6 is 7.92 Å². The lowest BCUT2D eigenvalue weighted by molar-refractivity contribution is 0.107. The van der Waals surface area contributed by atoms with E-state index in [9.17, 15) is 4.79 Å². The van der Waals surface area contributed by atoms with Crippen LogP contribution in [-0.2, 0) is 0 Å². The van der Waals surface area contributed by atoms with Crippen molar-refractivity contribution in [1.82, 2.24) is 0 Å². The van der Waals surface area contributed by atoms with Crippen LogP contribution in [0.2, 0.25) is 0 Å². The lowest BCUT2D eigenvalue weighted by Gasteiger charge is -2.31. The number of carbonyl (C=O) groups excluding carboxylic acids is 1. The summed E-state index contributed by atoms with van der Waals surface area (Å²) < 4.78 is 10.9. The van der Waals surface area contributed by atoms with E-state index in [4.69, 9.17) is 9.47 Å². The van der Waals surface area contributed by atoms with E-state index < -0.39 is 7.92 Å². The van der Waals surface area contributed by atoms with Gasteiger partial charge in [0.15, 0.2) is 5.52 Å². The van der Waals surface area contributed by atoms with Crippen LogP contribution in [0.4, 0.5) is 0 Å². The number of hydrogen-bond donors (Lipinski definition) is 0. The van der Waals surface area contributed by atoms with Crippen molar-refractivity contribution < 1.29 is 14.3 Å². The van der Waals surface area contributed by atoms with Gasteiger partial charge in [-0.1, -0.05) is 39.2 Å². The van der Waals surface area contributed by atoms with Gasteiger partial charge in [0, 0.05) is 0 Å². The zero-order valence-electron chi connectivity index (χ0n) is 14.8. The van der Waals surface area contributed by atoms with Crippen molar-refractivity contribution in [2.75, 3.05) is 20.4 Å². The first-order chi connectivity index (χ1) is 11.1. The molecule has 1 atom stereocenters. The smallest absolute Gasteiger partial charge is 0.191 e. The molecule has 0 spiro atoms. The molecule has 0 amide bonds. The Hall–Kier alpha value is -1.08. The Morgan fingerprint density at radius 3 is 2.17 bits per heavy atom. The summed E-state index contributed by atoms with van der Waals surface area (Å²) in [5.74, 6) is 1.82. The van der Waals surface area contributed by atoms with Gasteiger partial charge in [-0.2, -0.15) is 0 Å². The maximum Gasteiger partial charge on any atom is 0.191 e. The van der Waals surface area contributed by atoms with Crippen LogP contribution in [-0.4, -0.2) is 31.6 Å². The third-order valence-corrected chi connectivity index (χ3v) is 7.75. The number of carbonyl (C=O) groups is 1. The summed E-state index contributed by atoms with van der Waals surface area (Å²) in [6, 6.07) is 5.60. The molecular formula is C19H29O3P. The maximum atomic E-state index is 13.4. The van der Waals surface area contributed by atoms with Gasteiger partial charge < -0.3 is 9.47 Å². The lowest BCUT2D eigenvalue weighted by Crippen LogP contribution is -2.19. The largest absolute Gasteiger partial charge is 0.496 e.